The molecule has 4 nitrogen and oxygen atoms in total. The van der Waals surface area contributed by atoms with E-state index in [0.29, 0.717) is 6.42 Å². The highest BCUT2D eigenvalue weighted by atomic mass is 16.3. The lowest BCUT2D eigenvalue weighted by molar-refractivity contribution is 0.141. The number of hydrogen-bond donors (Lipinski definition) is 1. The van der Waals surface area contributed by atoms with Gasteiger partial charge in [0.1, 0.15) is 11.5 Å². The summed E-state index contributed by atoms with van der Waals surface area (Å²) in [6, 6.07) is 3.74. The van der Waals surface area contributed by atoms with Gasteiger partial charge in [0, 0.05) is 19.2 Å². The molecule has 2 aromatic heterocycles. The first-order valence-electron chi connectivity index (χ1n) is 5.11. The Balaban J connectivity index is 2.00. The summed E-state index contributed by atoms with van der Waals surface area (Å²) in [5.74, 6) is 1.73. The Kier molecular flexibility index (Phi) is 1.89. The van der Waals surface area contributed by atoms with Crippen LogP contribution in [0.25, 0.3) is 11.5 Å². The minimum absolute atomic E-state index is 0.246. The minimum Gasteiger partial charge on any atom is -0.463 e. The SMILES string of the molecule is OC1CCn2cc(-c3ccco3)nc2C1. The van der Waals surface area contributed by atoms with E-state index in [2.05, 4.69) is 9.55 Å². The van der Waals surface area contributed by atoms with Crippen LogP contribution in [0.2, 0.25) is 0 Å². The van der Waals surface area contributed by atoms with Crippen molar-refractivity contribution in [3.05, 3.63) is 30.4 Å². The minimum atomic E-state index is -0.246. The van der Waals surface area contributed by atoms with Crippen LogP contribution >= 0.6 is 0 Å². The average molecular weight is 204 g/mol. The summed E-state index contributed by atoms with van der Waals surface area (Å²) in [6.07, 6.45) is 4.83. The predicted molar refractivity (Wildman–Crippen MR) is 54.3 cm³/mol. The normalized spacial score (nSPS) is 20.2. The number of aryl methyl sites for hydroxylation is 1. The third kappa shape index (κ3) is 1.47. The Labute approximate surface area is 87.2 Å². The van der Waals surface area contributed by atoms with Crippen LogP contribution in [0.5, 0.6) is 0 Å². The van der Waals surface area contributed by atoms with Crippen molar-refractivity contribution in [3.63, 3.8) is 0 Å². The number of aliphatic hydroxyl groups excluding tert-OH is 1. The Morgan fingerprint density at radius 2 is 2.47 bits per heavy atom. The monoisotopic (exact) mass is 204 g/mol. The lowest BCUT2D eigenvalue weighted by Gasteiger charge is -2.18. The standard InChI is InChI=1S/C11H12N2O2/c14-8-3-4-13-7-9(12-11(13)6-8)10-2-1-5-15-10/h1-2,5,7-8,14H,3-4,6H2. The molecule has 15 heavy (non-hydrogen) atoms. The second-order valence-electron chi connectivity index (χ2n) is 3.86. The van der Waals surface area contributed by atoms with Crippen LogP contribution in [0.1, 0.15) is 12.2 Å². The van der Waals surface area contributed by atoms with Gasteiger partial charge in [-0.25, -0.2) is 4.98 Å². The number of rotatable bonds is 1. The molecule has 1 aliphatic heterocycles. The molecule has 0 radical (unpaired) electrons. The van der Waals surface area contributed by atoms with Crippen molar-refractivity contribution in [3.8, 4) is 11.5 Å². The highest BCUT2D eigenvalue weighted by molar-refractivity contribution is 5.51. The van der Waals surface area contributed by atoms with Gasteiger partial charge in [-0.3, -0.25) is 0 Å². The van der Waals surface area contributed by atoms with Crippen molar-refractivity contribution < 1.29 is 9.52 Å². The van der Waals surface area contributed by atoms with Gasteiger partial charge in [0.25, 0.3) is 0 Å². The van der Waals surface area contributed by atoms with E-state index in [1.54, 1.807) is 6.26 Å². The molecule has 0 fully saturated rings. The maximum atomic E-state index is 9.52. The van der Waals surface area contributed by atoms with Gasteiger partial charge in [-0.15, -0.1) is 0 Å². The molecule has 1 atom stereocenters. The van der Waals surface area contributed by atoms with Crippen LogP contribution in [-0.2, 0) is 13.0 Å². The smallest absolute Gasteiger partial charge is 0.153 e. The van der Waals surface area contributed by atoms with E-state index in [1.165, 1.54) is 0 Å². The third-order valence-corrected chi connectivity index (χ3v) is 2.75. The van der Waals surface area contributed by atoms with E-state index < -0.39 is 0 Å². The first kappa shape index (κ1) is 8.73. The van der Waals surface area contributed by atoms with Crippen molar-refractivity contribution in [2.45, 2.75) is 25.5 Å². The van der Waals surface area contributed by atoms with Crippen LogP contribution in [0, 0.1) is 0 Å². The Morgan fingerprint density at radius 1 is 1.53 bits per heavy atom. The molecular formula is C11H12N2O2. The molecule has 0 saturated carbocycles. The van der Waals surface area contributed by atoms with Gasteiger partial charge in [-0.2, -0.15) is 0 Å². The topological polar surface area (TPSA) is 51.2 Å². The number of hydrogen-bond acceptors (Lipinski definition) is 3. The molecule has 0 aliphatic carbocycles. The maximum Gasteiger partial charge on any atom is 0.153 e. The zero-order valence-electron chi connectivity index (χ0n) is 8.26. The van der Waals surface area contributed by atoms with E-state index in [1.807, 2.05) is 18.3 Å². The largest absolute Gasteiger partial charge is 0.463 e. The lowest BCUT2D eigenvalue weighted by atomic mass is 10.1. The molecule has 4 heteroatoms. The van der Waals surface area contributed by atoms with Gasteiger partial charge in [0.2, 0.25) is 0 Å². The third-order valence-electron chi connectivity index (χ3n) is 2.75. The highest BCUT2D eigenvalue weighted by Gasteiger charge is 2.19. The van der Waals surface area contributed by atoms with Crippen LogP contribution in [0.3, 0.4) is 0 Å². The molecule has 0 bridgehead atoms. The zero-order valence-corrected chi connectivity index (χ0v) is 8.26. The van der Waals surface area contributed by atoms with E-state index >= 15 is 0 Å². The fourth-order valence-corrected chi connectivity index (χ4v) is 1.95. The fraction of sp³-hybridized carbons (Fsp3) is 0.364. The molecule has 1 N–H and O–H groups in total. The quantitative estimate of drug-likeness (QED) is 0.764. The summed E-state index contributed by atoms with van der Waals surface area (Å²) >= 11 is 0. The van der Waals surface area contributed by atoms with Gasteiger partial charge in [-0.05, 0) is 18.6 Å². The first-order chi connectivity index (χ1) is 7.33. The van der Waals surface area contributed by atoms with Gasteiger partial charge >= 0.3 is 0 Å². The van der Waals surface area contributed by atoms with Crippen molar-refractivity contribution in [1.82, 2.24) is 9.55 Å². The Morgan fingerprint density at radius 3 is 3.27 bits per heavy atom. The van der Waals surface area contributed by atoms with E-state index in [0.717, 1.165) is 30.2 Å². The molecular weight excluding hydrogens is 192 g/mol. The fourth-order valence-electron chi connectivity index (χ4n) is 1.95. The summed E-state index contributed by atoms with van der Waals surface area (Å²) in [7, 11) is 0. The number of aliphatic hydroxyl groups is 1. The van der Waals surface area contributed by atoms with E-state index in [4.69, 9.17) is 4.42 Å². The van der Waals surface area contributed by atoms with Gasteiger partial charge in [0.15, 0.2) is 5.76 Å². The van der Waals surface area contributed by atoms with Crippen molar-refractivity contribution in [2.75, 3.05) is 0 Å². The molecule has 1 aliphatic rings. The predicted octanol–water partition coefficient (Wildman–Crippen LogP) is 1.45. The van der Waals surface area contributed by atoms with Gasteiger partial charge in [0.05, 0.1) is 12.4 Å². The second kappa shape index (κ2) is 3.24. The van der Waals surface area contributed by atoms with Crippen LogP contribution in [0.4, 0.5) is 0 Å². The van der Waals surface area contributed by atoms with E-state index in [9.17, 15) is 5.11 Å². The van der Waals surface area contributed by atoms with Crippen LogP contribution in [-0.4, -0.2) is 20.8 Å². The van der Waals surface area contributed by atoms with Gasteiger partial charge in [-0.1, -0.05) is 0 Å². The van der Waals surface area contributed by atoms with Crippen molar-refractivity contribution in [1.29, 1.82) is 0 Å². The Bertz CT molecular complexity index is 459. The lowest BCUT2D eigenvalue weighted by Crippen LogP contribution is -2.22. The summed E-state index contributed by atoms with van der Waals surface area (Å²) in [6.45, 7) is 0.838. The van der Waals surface area contributed by atoms with E-state index in [-0.39, 0.29) is 6.10 Å². The van der Waals surface area contributed by atoms with Crippen LogP contribution < -0.4 is 0 Å². The average Bonchev–Trinajstić information content (AvgIpc) is 2.84. The Hall–Kier alpha value is -1.55. The molecule has 3 rings (SSSR count). The first-order valence-corrected chi connectivity index (χ1v) is 5.11. The molecule has 3 heterocycles. The summed E-state index contributed by atoms with van der Waals surface area (Å²) in [5.41, 5.74) is 0.851. The molecule has 1 unspecified atom stereocenters. The summed E-state index contributed by atoms with van der Waals surface area (Å²) in [5, 5.41) is 9.52. The number of aromatic nitrogens is 2. The molecule has 0 amide bonds. The van der Waals surface area contributed by atoms with Crippen LogP contribution in [0.15, 0.2) is 29.0 Å². The zero-order chi connectivity index (χ0) is 10.3. The number of fused-ring (bicyclic) bond motifs is 1. The highest BCUT2D eigenvalue weighted by Crippen LogP contribution is 2.22. The van der Waals surface area contributed by atoms with Crippen molar-refractivity contribution in [2.24, 2.45) is 0 Å². The molecule has 2 aromatic rings. The molecule has 0 saturated heterocycles. The number of furan rings is 1. The molecule has 78 valence electrons. The second-order valence-corrected chi connectivity index (χ2v) is 3.86. The van der Waals surface area contributed by atoms with Crippen molar-refractivity contribution >= 4 is 0 Å². The molecule has 0 spiro atoms. The van der Waals surface area contributed by atoms with Gasteiger partial charge < -0.3 is 14.1 Å². The summed E-state index contributed by atoms with van der Waals surface area (Å²) in [4.78, 5) is 4.45. The summed E-state index contributed by atoms with van der Waals surface area (Å²) < 4.78 is 7.37. The number of imidazole rings is 1. The number of nitrogens with zero attached hydrogens (tertiary/aromatic N) is 2. The molecule has 0 aromatic carbocycles. The maximum absolute atomic E-state index is 9.52.